The third-order valence-corrected chi connectivity index (χ3v) is 5.06. The molecule has 10 heteroatoms. The maximum Gasteiger partial charge on any atom is 0.290 e. The quantitative estimate of drug-likeness (QED) is 0.431. The van der Waals surface area contributed by atoms with Crippen molar-refractivity contribution < 1.29 is 19.1 Å². The predicted molar refractivity (Wildman–Crippen MR) is 126 cm³/mol. The van der Waals surface area contributed by atoms with Crippen molar-refractivity contribution in [2.75, 3.05) is 6.61 Å². The molecule has 1 aromatic heterocycles. The zero-order chi connectivity index (χ0) is 24.7. The number of fused-ring (bicyclic) bond motifs is 1. The number of carbonyl (C=O) groups is 3. The maximum atomic E-state index is 12.8. The molecular weight excluding hydrogens is 438 g/mol. The summed E-state index contributed by atoms with van der Waals surface area (Å²) in [6, 6.07) is 14.5. The van der Waals surface area contributed by atoms with Crippen molar-refractivity contribution in [3.8, 4) is 5.75 Å². The highest BCUT2D eigenvalue weighted by molar-refractivity contribution is 6.05. The van der Waals surface area contributed by atoms with Gasteiger partial charge in [0.05, 0.1) is 5.39 Å². The molecule has 0 aliphatic carbocycles. The van der Waals surface area contributed by atoms with Crippen LogP contribution in [-0.2, 0) is 16.1 Å². The van der Waals surface area contributed by atoms with Crippen molar-refractivity contribution in [1.29, 1.82) is 0 Å². The molecule has 0 spiro atoms. The Morgan fingerprint density at radius 3 is 2.26 bits per heavy atom. The van der Waals surface area contributed by atoms with Crippen LogP contribution in [0.3, 0.4) is 0 Å². The summed E-state index contributed by atoms with van der Waals surface area (Å²) in [5.74, 6) is -1.51. The Morgan fingerprint density at radius 2 is 1.62 bits per heavy atom. The number of hydrazine groups is 1. The van der Waals surface area contributed by atoms with Gasteiger partial charge in [-0.1, -0.05) is 50.2 Å². The van der Waals surface area contributed by atoms with Gasteiger partial charge in [-0.3, -0.25) is 30.0 Å². The zero-order valence-corrected chi connectivity index (χ0v) is 19.2. The molecule has 1 heterocycles. The molecule has 0 radical (unpaired) electrons. The minimum Gasteiger partial charge on any atom is -0.484 e. The van der Waals surface area contributed by atoms with Crippen molar-refractivity contribution in [3.05, 3.63) is 70.6 Å². The number of ether oxygens (including phenoxy) is 1. The second kappa shape index (κ2) is 11.1. The number of amides is 3. The molecule has 3 rings (SSSR count). The number of hydrogen-bond donors (Lipinski definition) is 3. The van der Waals surface area contributed by atoms with Crippen molar-refractivity contribution in [1.82, 2.24) is 25.9 Å². The topological polar surface area (TPSA) is 131 Å². The van der Waals surface area contributed by atoms with Crippen LogP contribution >= 0.6 is 0 Å². The predicted octanol–water partition coefficient (Wildman–Crippen LogP) is 1.40. The summed E-state index contributed by atoms with van der Waals surface area (Å²) in [5.41, 5.74) is 4.36. The van der Waals surface area contributed by atoms with Gasteiger partial charge in [0.15, 0.2) is 12.3 Å². The summed E-state index contributed by atoms with van der Waals surface area (Å²) in [6.45, 7) is 5.28. The molecule has 3 aromatic rings. The van der Waals surface area contributed by atoms with Crippen LogP contribution in [0, 0.1) is 5.92 Å². The lowest BCUT2D eigenvalue weighted by Crippen LogP contribution is -2.55. The number of hydrogen-bond acceptors (Lipinski definition) is 6. The van der Waals surface area contributed by atoms with Gasteiger partial charge >= 0.3 is 0 Å². The molecule has 0 aliphatic heterocycles. The first-order valence-corrected chi connectivity index (χ1v) is 10.9. The standard InChI is InChI=1S/C24H27N5O5/c1-4-29-24(33)18-13-9-8-12-17(18)21(28-29)23(32)27-26-22(31)20(15(2)3)25-19(30)14-34-16-10-6-5-7-11-16/h5-13,15,20H,4,14H2,1-3H3,(H,25,30)(H,26,31)(H,27,32)/t20-/m0/s1. The minimum atomic E-state index is -0.915. The number of para-hydroxylation sites is 1. The SMILES string of the molecule is CCn1nc(C(=O)NNC(=O)[C@@H](NC(=O)COc2ccccc2)C(C)C)c2ccccc2c1=O. The Kier molecular flexibility index (Phi) is 7.96. The number of aromatic nitrogens is 2. The molecular formula is C24H27N5O5. The molecule has 178 valence electrons. The van der Waals surface area contributed by atoms with Gasteiger partial charge in [-0.05, 0) is 31.0 Å². The largest absolute Gasteiger partial charge is 0.484 e. The highest BCUT2D eigenvalue weighted by atomic mass is 16.5. The average Bonchev–Trinajstić information content (AvgIpc) is 2.85. The van der Waals surface area contributed by atoms with E-state index in [-0.39, 0.29) is 30.3 Å². The fraction of sp³-hybridized carbons (Fsp3) is 0.292. The average molecular weight is 466 g/mol. The van der Waals surface area contributed by atoms with E-state index in [0.717, 1.165) is 0 Å². The Bertz CT molecular complexity index is 1240. The molecule has 0 saturated heterocycles. The first kappa shape index (κ1) is 24.4. The van der Waals surface area contributed by atoms with Crippen LogP contribution < -0.4 is 26.5 Å². The van der Waals surface area contributed by atoms with E-state index in [1.807, 2.05) is 6.07 Å². The molecule has 10 nitrogen and oxygen atoms in total. The molecule has 1 atom stereocenters. The number of nitrogens with one attached hydrogen (secondary N) is 3. The van der Waals surface area contributed by atoms with Gasteiger partial charge < -0.3 is 10.1 Å². The first-order chi connectivity index (χ1) is 16.3. The lowest BCUT2D eigenvalue weighted by Gasteiger charge is -2.22. The van der Waals surface area contributed by atoms with Crippen LogP contribution in [0.1, 0.15) is 31.3 Å². The van der Waals surface area contributed by atoms with E-state index in [0.29, 0.717) is 16.5 Å². The molecule has 3 N–H and O–H groups in total. The molecule has 0 fully saturated rings. The van der Waals surface area contributed by atoms with Crippen molar-refractivity contribution in [2.24, 2.45) is 5.92 Å². The smallest absolute Gasteiger partial charge is 0.290 e. The van der Waals surface area contributed by atoms with Gasteiger partial charge in [-0.25, -0.2) is 4.68 Å². The summed E-state index contributed by atoms with van der Waals surface area (Å²) in [4.78, 5) is 50.3. The third-order valence-electron chi connectivity index (χ3n) is 5.06. The normalized spacial score (nSPS) is 11.6. The van der Waals surface area contributed by atoms with Crippen LogP contribution in [0.25, 0.3) is 10.8 Å². The fourth-order valence-electron chi connectivity index (χ4n) is 3.29. The number of benzene rings is 2. The Balaban J connectivity index is 1.66. The second-order valence-corrected chi connectivity index (χ2v) is 7.85. The highest BCUT2D eigenvalue weighted by Crippen LogP contribution is 2.13. The number of aryl methyl sites for hydroxylation is 1. The van der Waals surface area contributed by atoms with Crippen LogP contribution in [0.2, 0.25) is 0 Å². The van der Waals surface area contributed by atoms with Gasteiger partial charge in [0.25, 0.3) is 23.3 Å². The summed E-state index contributed by atoms with van der Waals surface area (Å²) in [5, 5.41) is 7.47. The lowest BCUT2D eigenvalue weighted by molar-refractivity contribution is -0.131. The third kappa shape index (κ3) is 5.77. The van der Waals surface area contributed by atoms with Crippen molar-refractivity contribution in [3.63, 3.8) is 0 Å². The van der Waals surface area contributed by atoms with Crippen LogP contribution in [0.15, 0.2) is 59.4 Å². The van der Waals surface area contributed by atoms with Gasteiger partial charge in [0.1, 0.15) is 11.8 Å². The van der Waals surface area contributed by atoms with E-state index >= 15 is 0 Å². The van der Waals surface area contributed by atoms with Gasteiger partial charge in [-0.2, -0.15) is 5.10 Å². The Morgan fingerprint density at radius 1 is 0.971 bits per heavy atom. The Labute approximate surface area is 196 Å². The summed E-state index contributed by atoms with van der Waals surface area (Å²) >= 11 is 0. The van der Waals surface area contributed by atoms with E-state index < -0.39 is 23.8 Å². The van der Waals surface area contributed by atoms with Crippen molar-refractivity contribution in [2.45, 2.75) is 33.4 Å². The summed E-state index contributed by atoms with van der Waals surface area (Å²) < 4.78 is 6.59. The zero-order valence-electron chi connectivity index (χ0n) is 19.2. The molecule has 34 heavy (non-hydrogen) atoms. The van der Waals surface area contributed by atoms with Crippen LogP contribution in [0.4, 0.5) is 0 Å². The highest BCUT2D eigenvalue weighted by Gasteiger charge is 2.25. The molecule has 0 aliphatic rings. The minimum absolute atomic E-state index is 0.00116. The fourth-order valence-corrected chi connectivity index (χ4v) is 3.29. The van der Waals surface area contributed by atoms with Gasteiger partial charge in [0.2, 0.25) is 0 Å². The van der Waals surface area contributed by atoms with E-state index in [1.165, 1.54) is 4.68 Å². The summed E-state index contributed by atoms with van der Waals surface area (Å²) in [6.07, 6.45) is 0. The van der Waals surface area contributed by atoms with Crippen LogP contribution in [-0.4, -0.2) is 40.2 Å². The van der Waals surface area contributed by atoms with E-state index in [4.69, 9.17) is 4.74 Å². The molecule has 0 bridgehead atoms. The monoisotopic (exact) mass is 465 g/mol. The molecule has 2 aromatic carbocycles. The number of rotatable bonds is 8. The molecule has 3 amide bonds. The van der Waals surface area contributed by atoms with E-state index in [9.17, 15) is 19.2 Å². The van der Waals surface area contributed by atoms with Crippen LogP contribution in [0.5, 0.6) is 5.75 Å². The summed E-state index contributed by atoms with van der Waals surface area (Å²) in [7, 11) is 0. The number of carbonyl (C=O) groups excluding carboxylic acids is 3. The first-order valence-electron chi connectivity index (χ1n) is 10.9. The number of nitrogens with zero attached hydrogens (tertiary/aromatic N) is 2. The lowest BCUT2D eigenvalue weighted by atomic mass is 10.0. The van der Waals surface area contributed by atoms with Gasteiger partial charge in [-0.15, -0.1) is 0 Å². The molecule has 0 saturated carbocycles. The van der Waals surface area contributed by atoms with Gasteiger partial charge in [0, 0.05) is 11.9 Å². The Hall–Kier alpha value is -4.21. The second-order valence-electron chi connectivity index (χ2n) is 7.85. The van der Waals surface area contributed by atoms with E-state index in [1.54, 1.807) is 69.3 Å². The molecule has 0 unspecified atom stereocenters. The van der Waals surface area contributed by atoms with E-state index in [2.05, 4.69) is 21.3 Å². The van der Waals surface area contributed by atoms with Crippen molar-refractivity contribution >= 4 is 28.5 Å². The maximum absolute atomic E-state index is 12.8.